The maximum atomic E-state index is 12.7. The van der Waals surface area contributed by atoms with Crippen LogP contribution >= 0.6 is 0 Å². The second-order valence-electron chi connectivity index (χ2n) is 8.23. The molecule has 0 saturated carbocycles. The van der Waals surface area contributed by atoms with Gasteiger partial charge in [-0.25, -0.2) is 9.59 Å². The third kappa shape index (κ3) is 4.60. The molecule has 31 heavy (non-hydrogen) atoms. The molecule has 166 valence electrons. The Balaban J connectivity index is 2.05. The molecule has 7 heteroatoms. The van der Waals surface area contributed by atoms with Gasteiger partial charge in [-0.3, -0.25) is 0 Å². The molecule has 0 radical (unpaired) electrons. The van der Waals surface area contributed by atoms with Gasteiger partial charge in [0.25, 0.3) is 0 Å². The number of carbonyl (C=O) groups excluding carboxylic acids is 2. The highest BCUT2D eigenvalue weighted by Gasteiger charge is 2.35. The van der Waals surface area contributed by atoms with Gasteiger partial charge < -0.3 is 23.7 Å². The molecule has 7 nitrogen and oxygen atoms in total. The number of ether oxygens (including phenoxy) is 5. The van der Waals surface area contributed by atoms with Crippen LogP contribution in [0.1, 0.15) is 43.6 Å². The van der Waals surface area contributed by atoms with E-state index in [9.17, 15) is 9.59 Å². The van der Waals surface area contributed by atoms with E-state index in [1.165, 1.54) is 14.2 Å². The van der Waals surface area contributed by atoms with Crippen molar-refractivity contribution in [1.29, 1.82) is 0 Å². The van der Waals surface area contributed by atoms with Gasteiger partial charge in [0.2, 0.25) is 5.75 Å². The highest BCUT2D eigenvalue weighted by molar-refractivity contribution is 5.94. The van der Waals surface area contributed by atoms with Crippen LogP contribution in [-0.4, -0.2) is 38.4 Å². The Morgan fingerprint density at radius 1 is 1.06 bits per heavy atom. The normalized spacial score (nSPS) is 12.9. The summed E-state index contributed by atoms with van der Waals surface area (Å²) in [5.41, 5.74) is 1.53. The molecule has 0 aliphatic carbocycles. The lowest BCUT2D eigenvalue weighted by Crippen LogP contribution is -2.40. The Labute approximate surface area is 182 Å². The third-order valence-corrected chi connectivity index (χ3v) is 4.89. The number of esters is 2. The number of rotatable bonds is 8. The Morgan fingerprint density at radius 2 is 1.77 bits per heavy atom. The molecule has 0 unspecified atom stereocenters. The second-order valence-corrected chi connectivity index (χ2v) is 8.23. The summed E-state index contributed by atoms with van der Waals surface area (Å²) in [4.78, 5) is 24.5. The van der Waals surface area contributed by atoms with E-state index in [0.717, 1.165) is 11.1 Å². The zero-order valence-electron chi connectivity index (χ0n) is 18.7. The molecule has 0 fully saturated rings. The number of carbonyl (C=O) groups is 2. The first-order chi connectivity index (χ1) is 14.7. The predicted octanol–water partition coefficient (Wildman–Crippen LogP) is 4.40. The maximum Gasteiger partial charge on any atom is 0.349 e. The summed E-state index contributed by atoms with van der Waals surface area (Å²) < 4.78 is 27.7. The van der Waals surface area contributed by atoms with E-state index >= 15 is 0 Å². The van der Waals surface area contributed by atoms with Gasteiger partial charge in [0.1, 0.15) is 6.61 Å². The first kappa shape index (κ1) is 22.5. The van der Waals surface area contributed by atoms with E-state index in [-0.39, 0.29) is 18.5 Å². The fourth-order valence-electron chi connectivity index (χ4n) is 3.24. The summed E-state index contributed by atoms with van der Waals surface area (Å²) in [6, 6.07) is 9.00. The van der Waals surface area contributed by atoms with Gasteiger partial charge >= 0.3 is 11.9 Å². The molecule has 0 N–H and O–H groups in total. The molecule has 2 aromatic carbocycles. The zero-order valence-corrected chi connectivity index (χ0v) is 18.7. The smallest absolute Gasteiger partial charge is 0.349 e. The lowest BCUT2D eigenvalue weighted by atomic mass is 9.98. The minimum absolute atomic E-state index is 0.206. The van der Waals surface area contributed by atoms with Crippen LogP contribution in [0.4, 0.5) is 0 Å². The van der Waals surface area contributed by atoms with E-state index in [1.54, 1.807) is 26.0 Å². The fraction of sp³-hybridized carbons (Fsp3) is 0.417. The van der Waals surface area contributed by atoms with Gasteiger partial charge in [0.05, 0.1) is 26.4 Å². The molecule has 3 rings (SSSR count). The molecule has 0 atom stereocenters. The second kappa shape index (κ2) is 8.88. The van der Waals surface area contributed by atoms with Crippen molar-refractivity contribution < 1.29 is 33.3 Å². The van der Waals surface area contributed by atoms with Crippen LogP contribution in [0.15, 0.2) is 30.3 Å². The average molecular weight is 428 g/mol. The maximum absolute atomic E-state index is 12.7. The molecule has 0 spiro atoms. The minimum Gasteiger partial charge on any atom is -0.493 e. The number of fused-ring (bicyclic) bond motifs is 1. The summed E-state index contributed by atoms with van der Waals surface area (Å²) in [6.07, 6.45) is 0. The number of hydrogen-bond donors (Lipinski definition) is 0. The predicted molar refractivity (Wildman–Crippen MR) is 115 cm³/mol. The summed E-state index contributed by atoms with van der Waals surface area (Å²) in [5, 5.41) is 0. The van der Waals surface area contributed by atoms with Gasteiger partial charge in [-0.1, -0.05) is 19.9 Å². The molecule has 1 heterocycles. The summed E-state index contributed by atoms with van der Waals surface area (Å²) in [6.45, 7) is 7.74. The van der Waals surface area contributed by atoms with Crippen molar-refractivity contribution in [1.82, 2.24) is 0 Å². The largest absolute Gasteiger partial charge is 0.493 e. The van der Waals surface area contributed by atoms with Crippen molar-refractivity contribution >= 4 is 11.9 Å². The first-order valence-electron chi connectivity index (χ1n) is 10.1. The summed E-state index contributed by atoms with van der Waals surface area (Å²) in [5.74, 6) is 0.561. The van der Waals surface area contributed by atoms with Crippen molar-refractivity contribution in [2.24, 2.45) is 5.92 Å². The molecular weight excluding hydrogens is 400 g/mol. The average Bonchev–Trinajstić information content (AvgIpc) is 3.11. The molecule has 1 aliphatic rings. The standard InChI is InChI=1S/C24H28O7/c1-14(2)12-30-23(26)24(3,4)31-20-17(9-10-19(27-5)21(20)28-6)15-7-8-18-16(11-15)13-29-22(18)25/h7-11,14H,12-13H2,1-6H3. The quantitative estimate of drug-likeness (QED) is 0.577. The van der Waals surface area contributed by atoms with Crippen LogP contribution in [0.2, 0.25) is 0 Å². The molecule has 0 aromatic heterocycles. The van der Waals surface area contributed by atoms with Gasteiger partial charge in [-0.15, -0.1) is 0 Å². The van der Waals surface area contributed by atoms with E-state index in [0.29, 0.717) is 35.0 Å². The van der Waals surface area contributed by atoms with Crippen LogP contribution in [0, 0.1) is 5.92 Å². The van der Waals surface area contributed by atoms with Crippen LogP contribution in [0.25, 0.3) is 11.1 Å². The highest BCUT2D eigenvalue weighted by atomic mass is 16.6. The zero-order chi connectivity index (χ0) is 22.8. The molecule has 0 amide bonds. The Bertz CT molecular complexity index is 992. The number of methoxy groups -OCH3 is 2. The van der Waals surface area contributed by atoms with E-state index < -0.39 is 11.6 Å². The first-order valence-corrected chi connectivity index (χ1v) is 10.1. The topological polar surface area (TPSA) is 80.3 Å². The SMILES string of the molecule is COc1ccc(-c2ccc3c(c2)COC3=O)c(OC(C)(C)C(=O)OCC(C)C)c1OC. The summed E-state index contributed by atoms with van der Waals surface area (Å²) >= 11 is 0. The van der Waals surface area contributed by atoms with Crippen molar-refractivity contribution in [3.05, 3.63) is 41.5 Å². The molecule has 2 aromatic rings. The van der Waals surface area contributed by atoms with Gasteiger partial charge in [-0.05, 0) is 49.6 Å². The third-order valence-electron chi connectivity index (χ3n) is 4.89. The number of benzene rings is 2. The van der Waals surface area contributed by atoms with Crippen LogP contribution in [-0.2, 0) is 20.9 Å². The lowest BCUT2D eigenvalue weighted by molar-refractivity contribution is -0.160. The van der Waals surface area contributed by atoms with E-state index in [4.69, 9.17) is 23.7 Å². The lowest BCUT2D eigenvalue weighted by Gasteiger charge is -2.28. The monoisotopic (exact) mass is 428 g/mol. The molecule has 0 bridgehead atoms. The fourth-order valence-corrected chi connectivity index (χ4v) is 3.24. The number of hydrogen-bond acceptors (Lipinski definition) is 7. The molecular formula is C24H28O7. The number of cyclic esters (lactones) is 1. The molecule has 1 aliphatic heterocycles. The van der Waals surface area contributed by atoms with Gasteiger partial charge in [-0.2, -0.15) is 0 Å². The van der Waals surface area contributed by atoms with Crippen LogP contribution in [0.3, 0.4) is 0 Å². The van der Waals surface area contributed by atoms with E-state index in [1.807, 2.05) is 32.0 Å². The van der Waals surface area contributed by atoms with Crippen molar-refractivity contribution in [3.8, 4) is 28.4 Å². The van der Waals surface area contributed by atoms with Crippen LogP contribution in [0.5, 0.6) is 17.2 Å². The Morgan fingerprint density at radius 3 is 2.42 bits per heavy atom. The Kier molecular flexibility index (Phi) is 6.43. The van der Waals surface area contributed by atoms with Crippen molar-refractivity contribution in [2.75, 3.05) is 20.8 Å². The van der Waals surface area contributed by atoms with Crippen molar-refractivity contribution in [3.63, 3.8) is 0 Å². The Hall–Kier alpha value is -3.22. The molecule has 0 saturated heterocycles. The summed E-state index contributed by atoms with van der Waals surface area (Å²) in [7, 11) is 3.04. The highest BCUT2D eigenvalue weighted by Crippen LogP contribution is 2.46. The minimum atomic E-state index is -1.28. The van der Waals surface area contributed by atoms with Crippen molar-refractivity contribution in [2.45, 2.75) is 39.9 Å². The van der Waals surface area contributed by atoms with Gasteiger partial charge in [0, 0.05) is 11.1 Å². The van der Waals surface area contributed by atoms with E-state index in [2.05, 4.69) is 0 Å². The van der Waals surface area contributed by atoms with Gasteiger partial charge in [0.15, 0.2) is 17.1 Å². The van der Waals surface area contributed by atoms with Crippen LogP contribution < -0.4 is 14.2 Å².